The lowest BCUT2D eigenvalue weighted by molar-refractivity contribution is 0.0699. The number of hydrogen-bond donors (Lipinski definition) is 1. The van der Waals surface area contributed by atoms with E-state index in [1.807, 2.05) is 0 Å². The van der Waals surface area contributed by atoms with Gasteiger partial charge in [-0.2, -0.15) is 0 Å². The Hall–Kier alpha value is -1.84. The van der Waals surface area contributed by atoms with Crippen LogP contribution in [-0.4, -0.2) is 16.1 Å². The van der Waals surface area contributed by atoms with Crippen LogP contribution in [-0.2, 0) is 6.42 Å². The predicted octanol–water partition coefficient (Wildman–Crippen LogP) is 2.87. The number of nitrogens with zero attached hydrogens (tertiary/aromatic N) is 1. The van der Waals surface area contributed by atoms with Gasteiger partial charge in [0.2, 0.25) is 0 Å². The van der Waals surface area contributed by atoms with Crippen LogP contribution < -0.4 is 0 Å². The van der Waals surface area contributed by atoms with Crippen molar-refractivity contribution >= 4 is 17.1 Å². The summed E-state index contributed by atoms with van der Waals surface area (Å²) >= 11 is 0. The molecular formula is C13H13NO3. The van der Waals surface area contributed by atoms with Gasteiger partial charge in [0.05, 0.1) is 5.56 Å². The minimum atomic E-state index is -0.959. The van der Waals surface area contributed by atoms with Crippen LogP contribution in [0.15, 0.2) is 22.6 Å². The molecule has 0 unspecified atom stereocenters. The molecule has 1 fully saturated rings. The first-order valence-electron chi connectivity index (χ1n) is 5.86. The van der Waals surface area contributed by atoms with Crippen molar-refractivity contribution in [2.24, 2.45) is 5.92 Å². The predicted molar refractivity (Wildman–Crippen MR) is 62.0 cm³/mol. The van der Waals surface area contributed by atoms with Crippen LogP contribution in [0.5, 0.6) is 0 Å². The molecule has 1 N–H and O–H groups in total. The van der Waals surface area contributed by atoms with Crippen LogP contribution >= 0.6 is 0 Å². The van der Waals surface area contributed by atoms with E-state index in [0.717, 1.165) is 6.42 Å². The van der Waals surface area contributed by atoms with Crippen molar-refractivity contribution in [3.05, 3.63) is 29.7 Å². The van der Waals surface area contributed by atoms with Crippen molar-refractivity contribution in [3.8, 4) is 0 Å². The molecule has 1 aliphatic rings. The number of aromatic nitrogens is 1. The van der Waals surface area contributed by atoms with Crippen LogP contribution in [0.2, 0.25) is 0 Å². The Kier molecular flexibility index (Phi) is 2.35. The third kappa shape index (κ3) is 1.79. The maximum absolute atomic E-state index is 11.0. The maximum atomic E-state index is 11.0. The average Bonchev–Trinajstić information content (AvgIpc) is 2.65. The Bertz CT molecular complexity index is 569. The van der Waals surface area contributed by atoms with Crippen LogP contribution in [0.3, 0.4) is 0 Å². The number of carbonyl (C=O) groups is 1. The zero-order valence-electron chi connectivity index (χ0n) is 9.35. The van der Waals surface area contributed by atoms with Gasteiger partial charge in [-0.25, -0.2) is 9.78 Å². The highest BCUT2D eigenvalue weighted by atomic mass is 16.4. The number of carboxylic acid groups (broad SMARTS) is 1. The zero-order valence-corrected chi connectivity index (χ0v) is 9.35. The fraction of sp³-hybridized carbons (Fsp3) is 0.385. The second-order valence-corrected chi connectivity index (χ2v) is 4.57. The summed E-state index contributed by atoms with van der Waals surface area (Å²) in [6.07, 6.45) is 4.56. The number of aromatic carboxylic acids is 1. The van der Waals surface area contributed by atoms with Crippen molar-refractivity contribution in [2.45, 2.75) is 25.7 Å². The minimum Gasteiger partial charge on any atom is -0.478 e. The molecule has 2 aromatic rings. The van der Waals surface area contributed by atoms with Gasteiger partial charge in [-0.15, -0.1) is 0 Å². The molecule has 4 heteroatoms. The van der Waals surface area contributed by atoms with E-state index < -0.39 is 5.97 Å². The van der Waals surface area contributed by atoms with E-state index in [1.54, 1.807) is 18.2 Å². The monoisotopic (exact) mass is 231 g/mol. The van der Waals surface area contributed by atoms with Gasteiger partial charge in [0.1, 0.15) is 5.52 Å². The second kappa shape index (κ2) is 3.87. The number of oxazole rings is 1. The van der Waals surface area contributed by atoms with E-state index in [1.165, 1.54) is 19.3 Å². The Morgan fingerprint density at radius 1 is 1.47 bits per heavy atom. The number of fused-ring (bicyclic) bond motifs is 1. The number of para-hydroxylation sites is 1. The van der Waals surface area contributed by atoms with Gasteiger partial charge in [0.15, 0.2) is 11.5 Å². The molecule has 0 spiro atoms. The van der Waals surface area contributed by atoms with Gasteiger partial charge in [0, 0.05) is 6.42 Å². The molecule has 0 atom stereocenters. The summed E-state index contributed by atoms with van der Waals surface area (Å²) < 4.78 is 5.59. The van der Waals surface area contributed by atoms with Crippen LogP contribution in [0.1, 0.15) is 35.5 Å². The molecule has 1 aromatic carbocycles. The molecule has 1 heterocycles. The van der Waals surface area contributed by atoms with E-state index >= 15 is 0 Å². The number of rotatable bonds is 3. The highest BCUT2D eigenvalue weighted by Crippen LogP contribution is 2.30. The van der Waals surface area contributed by atoms with Crippen LogP contribution in [0, 0.1) is 5.92 Å². The Morgan fingerprint density at radius 3 is 2.94 bits per heavy atom. The van der Waals surface area contributed by atoms with Crippen LogP contribution in [0.4, 0.5) is 0 Å². The second-order valence-electron chi connectivity index (χ2n) is 4.57. The molecule has 17 heavy (non-hydrogen) atoms. The van der Waals surface area contributed by atoms with E-state index in [-0.39, 0.29) is 5.56 Å². The zero-order chi connectivity index (χ0) is 11.8. The summed E-state index contributed by atoms with van der Waals surface area (Å²) in [4.78, 5) is 15.3. The molecule has 0 amide bonds. The third-order valence-electron chi connectivity index (χ3n) is 3.38. The van der Waals surface area contributed by atoms with Crippen molar-refractivity contribution in [1.82, 2.24) is 4.98 Å². The van der Waals surface area contributed by atoms with Crippen LogP contribution in [0.25, 0.3) is 11.1 Å². The van der Waals surface area contributed by atoms with Gasteiger partial charge in [0.25, 0.3) is 0 Å². The lowest BCUT2D eigenvalue weighted by atomic mass is 9.83. The summed E-state index contributed by atoms with van der Waals surface area (Å²) in [7, 11) is 0. The molecule has 0 saturated heterocycles. The molecule has 1 saturated carbocycles. The van der Waals surface area contributed by atoms with Gasteiger partial charge >= 0.3 is 5.97 Å². The smallest absolute Gasteiger partial charge is 0.338 e. The Labute approximate surface area is 98.3 Å². The van der Waals surface area contributed by atoms with Gasteiger partial charge in [-0.1, -0.05) is 12.5 Å². The van der Waals surface area contributed by atoms with Gasteiger partial charge in [-0.05, 0) is 30.9 Å². The summed E-state index contributed by atoms with van der Waals surface area (Å²) in [5.74, 6) is 0.369. The SMILES string of the molecule is O=C(O)c1cccc2oc(CC3CCC3)nc12. The molecule has 4 nitrogen and oxygen atoms in total. The van der Waals surface area contributed by atoms with E-state index in [0.29, 0.717) is 22.9 Å². The quantitative estimate of drug-likeness (QED) is 0.882. The lowest BCUT2D eigenvalue weighted by Gasteiger charge is -2.23. The molecule has 0 aliphatic heterocycles. The molecule has 1 aromatic heterocycles. The van der Waals surface area contributed by atoms with E-state index in [4.69, 9.17) is 9.52 Å². The summed E-state index contributed by atoms with van der Waals surface area (Å²) in [6, 6.07) is 5.00. The molecule has 88 valence electrons. The first kappa shape index (κ1) is 10.3. The topological polar surface area (TPSA) is 63.3 Å². The number of carboxylic acids is 1. The highest BCUT2D eigenvalue weighted by molar-refractivity contribution is 6.00. The first-order valence-corrected chi connectivity index (χ1v) is 5.86. The fourth-order valence-corrected chi connectivity index (χ4v) is 2.20. The van der Waals surface area contributed by atoms with Crippen molar-refractivity contribution in [3.63, 3.8) is 0 Å². The van der Waals surface area contributed by atoms with Crippen molar-refractivity contribution in [2.75, 3.05) is 0 Å². The fourth-order valence-electron chi connectivity index (χ4n) is 2.20. The van der Waals surface area contributed by atoms with Gasteiger partial charge in [-0.3, -0.25) is 0 Å². The normalized spacial score (nSPS) is 16.0. The average molecular weight is 231 g/mol. The Balaban J connectivity index is 1.99. The highest BCUT2D eigenvalue weighted by Gasteiger charge is 2.21. The summed E-state index contributed by atoms with van der Waals surface area (Å²) in [6.45, 7) is 0. The van der Waals surface area contributed by atoms with Crippen molar-refractivity contribution < 1.29 is 14.3 Å². The number of benzene rings is 1. The standard InChI is InChI=1S/C13H13NO3/c15-13(16)9-5-2-6-10-12(9)14-11(17-10)7-8-3-1-4-8/h2,5-6,8H,1,3-4,7H2,(H,15,16). The Morgan fingerprint density at radius 2 is 2.29 bits per heavy atom. The molecule has 3 rings (SSSR count). The minimum absolute atomic E-state index is 0.214. The summed E-state index contributed by atoms with van der Waals surface area (Å²) in [5.41, 5.74) is 1.25. The van der Waals surface area contributed by atoms with Crippen molar-refractivity contribution in [1.29, 1.82) is 0 Å². The van der Waals surface area contributed by atoms with Gasteiger partial charge < -0.3 is 9.52 Å². The largest absolute Gasteiger partial charge is 0.478 e. The number of hydrogen-bond acceptors (Lipinski definition) is 3. The molecule has 1 aliphatic carbocycles. The molecular weight excluding hydrogens is 218 g/mol. The molecule has 0 radical (unpaired) electrons. The summed E-state index contributed by atoms with van der Waals surface area (Å²) in [5, 5.41) is 9.05. The van der Waals surface area contributed by atoms with E-state index in [9.17, 15) is 4.79 Å². The lowest BCUT2D eigenvalue weighted by Crippen LogP contribution is -2.13. The first-order chi connectivity index (χ1) is 8.24. The maximum Gasteiger partial charge on any atom is 0.338 e. The molecule has 0 bridgehead atoms. The third-order valence-corrected chi connectivity index (χ3v) is 3.38. The van der Waals surface area contributed by atoms with E-state index in [2.05, 4.69) is 4.98 Å².